The van der Waals surface area contributed by atoms with E-state index < -0.39 is 5.97 Å². The highest BCUT2D eigenvalue weighted by atomic mass is 32.1. The van der Waals surface area contributed by atoms with Crippen LogP contribution in [0.2, 0.25) is 0 Å². The number of nitrogens with zero attached hydrogens (tertiary/aromatic N) is 1. The molecule has 2 heterocycles. The molecule has 4 nitrogen and oxygen atoms in total. The zero-order chi connectivity index (χ0) is 13.7. The van der Waals surface area contributed by atoms with Crippen molar-refractivity contribution in [3.05, 3.63) is 28.0 Å². The van der Waals surface area contributed by atoms with Gasteiger partial charge in [-0.05, 0) is 43.0 Å². The molecule has 1 aliphatic heterocycles. The van der Waals surface area contributed by atoms with Crippen LogP contribution in [0.15, 0.2) is 17.5 Å². The average Bonchev–Trinajstić information content (AvgIpc) is 2.84. The molecule has 0 saturated carbocycles. The first-order chi connectivity index (χ1) is 9.16. The van der Waals surface area contributed by atoms with Crippen LogP contribution in [0, 0.1) is 0 Å². The average molecular weight is 281 g/mol. The molecule has 1 aromatic heterocycles. The van der Waals surface area contributed by atoms with Crippen LogP contribution in [-0.2, 0) is 16.1 Å². The molecule has 0 unspecified atom stereocenters. The van der Waals surface area contributed by atoms with Crippen LogP contribution >= 0.6 is 11.3 Å². The van der Waals surface area contributed by atoms with E-state index in [1.807, 2.05) is 11.4 Å². The summed E-state index contributed by atoms with van der Waals surface area (Å²) in [6.45, 7) is 2.54. The van der Waals surface area contributed by atoms with E-state index in [1.165, 1.54) is 11.0 Å². The molecule has 1 saturated heterocycles. The van der Waals surface area contributed by atoms with Crippen LogP contribution in [0.25, 0.3) is 6.08 Å². The van der Waals surface area contributed by atoms with Crippen molar-refractivity contribution in [2.75, 3.05) is 20.3 Å². The third-order valence-electron chi connectivity index (χ3n) is 3.39. The molecule has 19 heavy (non-hydrogen) atoms. The highest BCUT2D eigenvalue weighted by molar-refractivity contribution is 7.10. The summed E-state index contributed by atoms with van der Waals surface area (Å²) in [6.07, 6.45) is 5.01. The number of carbonyl (C=O) groups is 1. The first-order valence-corrected chi connectivity index (χ1v) is 7.30. The van der Waals surface area contributed by atoms with Crippen LogP contribution in [-0.4, -0.2) is 42.3 Å². The molecule has 1 aliphatic rings. The number of carboxylic acids is 1. The van der Waals surface area contributed by atoms with E-state index in [0.29, 0.717) is 6.04 Å². The Morgan fingerprint density at radius 1 is 1.58 bits per heavy atom. The van der Waals surface area contributed by atoms with E-state index in [1.54, 1.807) is 17.4 Å². The van der Waals surface area contributed by atoms with Crippen molar-refractivity contribution in [3.8, 4) is 0 Å². The van der Waals surface area contributed by atoms with Gasteiger partial charge in [-0.15, -0.1) is 11.3 Å². The van der Waals surface area contributed by atoms with Crippen molar-refractivity contribution in [1.29, 1.82) is 0 Å². The monoisotopic (exact) mass is 281 g/mol. The zero-order valence-electron chi connectivity index (χ0n) is 11.0. The van der Waals surface area contributed by atoms with Gasteiger partial charge in [0.05, 0.1) is 0 Å². The Bertz CT molecular complexity index is 449. The fourth-order valence-electron chi connectivity index (χ4n) is 2.27. The maximum absolute atomic E-state index is 10.6. The second kappa shape index (κ2) is 6.84. The highest BCUT2D eigenvalue weighted by Crippen LogP contribution is 2.22. The normalized spacial score (nSPS) is 17.4. The summed E-state index contributed by atoms with van der Waals surface area (Å²) in [5, 5.41) is 10.7. The number of hydrogen-bond donors (Lipinski definition) is 1. The Kier molecular flexibility index (Phi) is 5.13. The standard InChI is InChI=1S/C14H19NO3S/c1-15(12-4-7-18-8-5-12)10-13-11(6-9-19-13)2-3-14(16)17/h2-3,6,9,12H,4-5,7-8,10H2,1H3,(H,16,17)/b3-2-. The van der Waals surface area contributed by atoms with Gasteiger partial charge in [-0.3, -0.25) is 4.90 Å². The summed E-state index contributed by atoms with van der Waals surface area (Å²) in [7, 11) is 2.13. The highest BCUT2D eigenvalue weighted by Gasteiger charge is 2.19. The van der Waals surface area contributed by atoms with Crippen LogP contribution in [0.5, 0.6) is 0 Å². The SMILES string of the molecule is CN(Cc1sccc1/C=C\C(=O)O)C1CCOCC1. The van der Waals surface area contributed by atoms with Crippen molar-refractivity contribution in [2.24, 2.45) is 0 Å². The third-order valence-corrected chi connectivity index (χ3v) is 4.31. The van der Waals surface area contributed by atoms with Gasteiger partial charge in [-0.1, -0.05) is 0 Å². The zero-order valence-corrected chi connectivity index (χ0v) is 11.9. The van der Waals surface area contributed by atoms with Gasteiger partial charge in [0.1, 0.15) is 0 Å². The number of carboxylic acid groups (broad SMARTS) is 1. The summed E-state index contributed by atoms with van der Waals surface area (Å²) in [6, 6.07) is 2.53. The van der Waals surface area contributed by atoms with E-state index in [4.69, 9.17) is 9.84 Å². The lowest BCUT2D eigenvalue weighted by Crippen LogP contribution is -2.36. The predicted octanol–water partition coefficient (Wildman–Crippen LogP) is 2.46. The summed E-state index contributed by atoms with van der Waals surface area (Å²) >= 11 is 1.68. The van der Waals surface area contributed by atoms with E-state index in [-0.39, 0.29) is 0 Å². The van der Waals surface area contributed by atoms with E-state index >= 15 is 0 Å². The molecule has 0 bridgehead atoms. The van der Waals surface area contributed by atoms with Crippen molar-refractivity contribution in [1.82, 2.24) is 4.90 Å². The van der Waals surface area contributed by atoms with Gasteiger partial charge in [0.25, 0.3) is 0 Å². The minimum Gasteiger partial charge on any atom is -0.478 e. The summed E-state index contributed by atoms with van der Waals surface area (Å²) in [5.74, 6) is -0.907. The third kappa shape index (κ3) is 4.16. The lowest BCUT2D eigenvalue weighted by atomic mass is 10.1. The van der Waals surface area contributed by atoms with Gasteiger partial charge in [0, 0.05) is 36.8 Å². The second-order valence-electron chi connectivity index (χ2n) is 4.73. The van der Waals surface area contributed by atoms with Crippen LogP contribution in [0.3, 0.4) is 0 Å². The quantitative estimate of drug-likeness (QED) is 0.842. The number of hydrogen-bond acceptors (Lipinski definition) is 4. The van der Waals surface area contributed by atoms with Crippen LogP contribution in [0.4, 0.5) is 0 Å². The molecular formula is C14H19NO3S. The van der Waals surface area contributed by atoms with Gasteiger partial charge >= 0.3 is 5.97 Å². The Balaban J connectivity index is 1.98. The van der Waals surface area contributed by atoms with Gasteiger partial charge in [0.15, 0.2) is 0 Å². The Morgan fingerprint density at radius 2 is 2.32 bits per heavy atom. The van der Waals surface area contributed by atoms with Crippen molar-refractivity contribution in [3.63, 3.8) is 0 Å². The lowest BCUT2D eigenvalue weighted by molar-refractivity contribution is -0.131. The molecule has 0 aliphatic carbocycles. The number of rotatable bonds is 5. The van der Waals surface area contributed by atoms with Crippen LogP contribution in [0.1, 0.15) is 23.3 Å². The Morgan fingerprint density at radius 3 is 3.00 bits per heavy atom. The van der Waals surface area contributed by atoms with E-state index in [0.717, 1.165) is 38.2 Å². The molecular weight excluding hydrogens is 262 g/mol. The fourth-order valence-corrected chi connectivity index (χ4v) is 3.20. The second-order valence-corrected chi connectivity index (χ2v) is 5.73. The van der Waals surface area contributed by atoms with E-state index in [2.05, 4.69) is 11.9 Å². The maximum Gasteiger partial charge on any atom is 0.328 e. The summed E-state index contributed by atoms with van der Waals surface area (Å²) in [4.78, 5) is 14.1. The van der Waals surface area contributed by atoms with Crippen LogP contribution < -0.4 is 0 Å². The van der Waals surface area contributed by atoms with Crippen molar-refractivity contribution >= 4 is 23.4 Å². The van der Waals surface area contributed by atoms with Gasteiger partial charge < -0.3 is 9.84 Å². The smallest absolute Gasteiger partial charge is 0.328 e. The largest absolute Gasteiger partial charge is 0.478 e. The first-order valence-electron chi connectivity index (χ1n) is 6.42. The van der Waals surface area contributed by atoms with Gasteiger partial charge in [0.2, 0.25) is 0 Å². The minimum atomic E-state index is -0.907. The number of aliphatic carboxylic acids is 1. The molecule has 0 amide bonds. The molecule has 1 fully saturated rings. The number of thiophene rings is 1. The summed E-state index contributed by atoms with van der Waals surface area (Å²) < 4.78 is 5.37. The number of ether oxygens (including phenoxy) is 1. The molecule has 0 aromatic carbocycles. The van der Waals surface area contributed by atoms with Crippen molar-refractivity contribution < 1.29 is 14.6 Å². The van der Waals surface area contributed by atoms with Crippen molar-refractivity contribution in [2.45, 2.75) is 25.4 Å². The molecule has 104 valence electrons. The lowest BCUT2D eigenvalue weighted by Gasteiger charge is -2.31. The first kappa shape index (κ1) is 14.2. The summed E-state index contributed by atoms with van der Waals surface area (Å²) in [5.41, 5.74) is 1.01. The van der Waals surface area contributed by atoms with Gasteiger partial charge in [-0.25, -0.2) is 4.79 Å². The molecule has 0 atom stereocenters. The molecule has 0 spiro atoms. The Hall–Kier alpha value is -1.17. The topological polar surface area (TPSA) is 49.8 Å². The molecule has 2 rings (SSSR count). The molecule has 5 heteroatoms. The predicted molar refractivity (Wildman–Crippen MR) is 76.3 cm³/mol. The Labute approximate surface area is 117 Å². The molecule has 0 radical (unpaired) electrons. The molecule has 1 aromatic rings. The maximum atomic E-state index is 10.6. The fraction of sp³-hybridized carbons (Fsp3) is 0.500. The van der Waals surface area contributed by atoms with E-state index in [9.17, 15) is 4.79 Å². The minimum absolute atomic E-state index is 0.562. The van der Waals surface area contributed by atoms with Gasteiger partial charge in [-0.2, -0.15) is 0 Å². The molecule has 1 N–H and O–H groups in total.